The van der Waals surface area contributed by atoms with Gasteiger partial charge in [0.05, 0.1) is 24.4 Å². The van der Waals surface area contributed by atoms with Gasteiger partial charge in [-0.3, -0.25) is 19.2 Å². The van der Waals surface area contributed by atoms with Crippen molar-refractivity contribution in [2.24, 2.45) is 5.92 Å². The summed E-state index contributed by atoms with van der Waals surface area (Å²) in [6.45, 7) is 4.96. The van der Waals surface area contributed by atoms with Crippen LogP contribution in [0.3, 0.4) is 0 Å². The summed E-state index contributed by atoms with van der Waals surface area (Å²) in [6, 6.07) is 20.8. The first-order valence-electron chi connectivity index (χ1n) is 18.8. The lowest BCUT2D eigenvalue weighted by Crippen LogP contribution is -2.57. The molecule has 4 heterocycles. The number of fused-ring (bicyclic) bond motifs is 14. The number of hydrogen-bond acceptors (Lipinski definition) is 9. The van der Waals surface area contributed by atoms with Crippen LogP contribution in [0.1, 0.15) is 53.9 Å². The zero-order chi connectivity index (χ0) is 38.9. The molecular weight excluding hydrogens is 702 g/mol. The fourth-order valence-corrected chi connectivity index (χ4v) is 6.95. The summed E-state index contributed by atoms with van der Waals surface area (Å²) >= 11 is 0. The second kappa shape index (κ2) is 18.0. The standard InChI is InChI=1S/C41H49N7O7/c1-27(2)21-34-40(52)48-25-31(49)23-36(48)41(53)46(3)35(22-29-9-5-4-6-10-29)39(51)42-18-17-28-13-15-32(16-14-28)54-20-19-47-24-30(44-45-47)26-55-37-12-8-7-11-33(37)38(50)43-34/h4-16,24,27,31,34-36,49H,17-23,25-26H2,1-3H3,(H,42,51)(H,43,50)/t31-,34+,35-,36+/m0/s1. The van der Waals surface area contributed by atoms with Crippen molar-refractivity contribution in [1.82, 2.24) is 35.4 Å². The van der Waals surface area contributed by atoms with Crippen molar-refractivity contribution in [2.45, 2.75) is 76.9 Å². The maximum Gasteiger partial charge on any atom is 0.255 e. The minimum absolute atomic E-state index is 0.000419. The lowest BCUT2D eigenvalue weighted by atomic mass is 10.0. The Bertz CT molecular complexity index is 1930. The number of aliphatic hydroxyl groups is 1. The number of likely N-dealkylation sites (N-methyl/N-ethyl adjacent to an activating group) is 1. The van der Waals surface area contributed by atoms with Crippen molar-refractivity contribution < 1.29 is 33.8 Å². The normalized spacial score (nSPS) is 21.9. The number of aliphatic hydroxyl groups excluding tert-OH is 1. The van der Waals surface area contributed by atoms with Gasteiger partial charge < -0.3 is 35.0 Å². The summed E-state index contributed by atoms with van der Waals surface area (Å²) in [5.74, 6) is -0.846. The zero-order valence-electron chi connectivity index (χ0n) is 31.5. The molecule has 4 aromatic rings. The van der Waals surface area contributed by atoms with Gasteiger partial charge >= 0.3 is 0 Å². The number of nitrogens with one attached hydrogen (secondary N) is 2. The molecule has 1 aromatic heterocycles. The van der Waals surface area contributed by atoms with E-state index in [2.05, 4.69) is 20.9 Å². The monoisotopic (exact) mass is 751 g/mol. The van der Waals surface area contributed by atoms with Crippen LogP contribution in [0, 0.1) is 5.92 Å². The molecule has 1 fully saturated rings. The fourth-order valence-electron chi connectivity index (χ4n) is 6.95. The molecule has 3 N–H and O–H groups in total. The third kappa shape index (κ3) is 10.1. The van der Waals surface area contributed by atoms with Crippen molar-refractivity contribution in [3.05, 3.63) is 107 Å². The molecule has 0 aliphatic carbocycles. The van der Waals surface area contributed by atoms with E-state index in [-0.39, 0.29) is 49.8 Å². The van der Waals surface area contributed by atoms with E-state index in [1.54, 1.807) is 42.2 Å². The molecule has 14 heteroatoms. The van der Waals surface area contributed by atoms with E-state index in [0.29, 0.717) is 43.3 Å². The number of para-hydroxylation sites is 1. The van der Waals surface area contributed by atoms with E-state index >= 15 is 0 Å². The first-order valence-corrected chi connectivity index (χ1v) is 18.8. The number of carbonyl (C=O) groups excluding carboxylic acids is 4. The lowest BCUT2D eigenvalue weighted by molar-refractivity contribution is -0.147. The molecule has 0 spiro atoms. The molecule has 55 heavy (non-hydrogen) atoms. The van der Waals surface area contributed by atoms with Gasteiger partial charge in [0.15, 0.2) is 0 Å². The van der Waals surface area contributed by atoms with E-state index in [1.165, 1.54) is 9.80 Å². The predicted octanol–water partition coefficient (Wildman–Crippen LogP) is 2.78. The highest BCUT2D eigenvalue weighted by molar-refractivity contribution is 6.00. The summed E-state index contributed by atoms with van der Waals surface area (Å²) in [5, 5.41) is 25.1. The van der Waals surface area contributed by atoms with Gasteiger partial charge in [0.25, 0.3) is 5.91 Å². The second-order valence-corrected chi connectivity index (χ2v) is 14.5. The van der Waals surface area contributed by atoms with E-state index in [9.17, 15) is 24.3 Å². The van der Waals surface area contributed by atoms with Crippen LogP contribution >= 0.6 is 0 Å². The van der Waals surface area contributed by atoms with E-state index < -0.39 is 42.0 Å². The van der Waals surface area contributed by atoms with Crippen LogP contribution < -0.4 is 20.1 Å². The van der Waals surface area contributed by atoms with Crippen molar-refractivity contribution in [3.63, 3.8) is 0 Å². The van der Waals surface area contributed by atoms with Crippen LogP contribution in [-0.2, 0) is 40.4 Å². The van der Waals surface area contributed by atoms with Crippen molar-refractivity contribution >= 4 is 23.6 Å². The minimum atomic E-state index is -1.04. The Balaban J connectivity index is 1.29. The number of ether oxygens (including phenoxy) is 2. The summed E-state index contributed by atoms with van der Waals surface area (Å²) in [5.41, 5.74) is 2.63. The number of benzene rings is 3. The Labute approximate surface area is 320 Å². The summed E-state index contributed by atoms with van der Waals surface area (Å²) in [4.78, 5) is 59.1. The van der Waals surface area contributed by atoms with Gasteiger partial charge in [-0.05, 0) is 54.2 Å². The molecule has 0 saturated carbocycles. The highest BCUT2D eigenvalue weighted by Crippen LogP contribution is 2.25. The maximum atomic E-state index is 14.3. The number of rotatable bonds is 4. The van der Waals surface area contributed by atoms with Crippen molar-refractivity contribution in [3.8, 4) is 11.5 Å². The van der Waals surface area contributed by atoms with Crippen molar-refractivity contribution in [1.29, 1.82) is 0 Å². The third-order valence-corrected chi connectivity index (χ3v) is 9.87. The van der Waals surface area contributed by atoms with Gasteiger partial charge in [0.1, 0.15) is 48.5 Å². The Kier molecular flexibility index (Phi) is 12.8. The third-order valence-electron chi connectivity index (χ3n) is 9.87. The number of hydrogen-bond donors (Lipinski definition) is 3. The van der Waals surface area contributed by atoms with E-state index in [0.717, 1.165) is 11.1 Å². The molecule has 3 aromatic carbocycles. The Morgan fingerprint density at radius 3 is 2.44 bits per heavy atom. The highest BCUT2D eigenvalue weighted by atomic mass is 16.5. The Hall–Kier alpha value is -5.76. The highest BCUT2D eigenvalue weighted by Gasteiger charge is 2.44. The fraction of sp³-hybridized carbons (Fsp3) is 0.415. The molecule has 290 valence electrons. The Morgan fingerprint density at radius 1 is 0.927 bits per heavy atom. The zero-order valence-corrected chi connectivity index (χ0v) is 31.5. The topological polar surface area (TPSA) is 168 Å². The summed E-state index contributed by atoms with van der Waals surface area (Å²) < 4.78 is 13.6. The maximum absolute atomic E-state index is 14.3. The molecular formula is C41H49N7O7. The number of aromatic nitrogens is 3. The molecule has 4 amide bonds. The number of nitrogens with zero attached hydrogens (tertiary/aromatic N) is 5. The van der Waals surface area contributed by atoms with Crippen LogP contribution in [0.5, 0.6) is 11.5 Å². The van der Waals surface area contributed by atoms with E-state index in [4.69, 9.17) is 9.47 Å². The quantitative estimate of drug-likeness (QED) is 0.284. The predicted molar refractivity (Wildman–Crippen MR) is 203 cm³/mol. The van der Waals surface area contributed by atoms with Crippen LogP contribution in [0.2, 0.25) is 0 Å². The van der Waals surface area contributed by atoms with Gasteiger partial charge in [-0.25, -0.2) is 4.68 Å². The average molecular weight is 752 g/mol. The molecule has 3 aliphatic heterocycles. The molecule has 7 rings (SSSR count). The van der Waals surface area contributed by atoms with Crippen LogP contribution in [0.25, 0.3) is 0 Å². The minimum Gasteiger partial charge on any atom is -0.492 e. The summed E-state index contributed by atoms with van der Waals surface area (Å²) in [6.07, 6.45) is 1.86. The van der Waals surface area contributed by atoms with Gasteiger partial charge in [-0.2, -0.15) is 0 Å². The Morgan fingerprint density at radius 2 is 1.67 bits per heavy atom. The SMILES string of the molecule is CC(C)C[C@H]1NC(=O)c2ccccc2OCc2cn(nn2)CCOc2ccc(cc2)CCNC(=O)[C@H](Cc2ccccc2)N(C)C(=O)[C@H]2C[C@H](O)CN2C1=O. The molecule has 14 nitrogen and oxygen atoms in total. The molecule has 1 saturated heterocycles. The van der Waals surface area contributed by atoms with Gasteiger partial charge in [-0.15, -0.1) is 5.10 Å². The first-order chi connectivity index (χ1) is 26.5. The number of amides is 4. The molecule has 4 bridgehead atoms. The van der Waals surface area contributed by atoms with Crippen molar-refractivity contribution in [2.75, 3.05) is 26.7 Å². The molecule has 0 unspecified atom stereocenters. The van der Waals surface area contributed by atoms with Gasteiger partial charge in [-0.1, -0.05) is 73.7 Å². The largest absolute Gasteiger partial charge is 0.492 e. The summed E-state index contributed by atoms with van der Waals surface area (Å²) in [7, 11) is 1.56. The van der Waals surface area contributed by atoms with Gasteiger partial charge in [0, 0.05) is 33.0 Å². The van der Waals surface area contributed by atoms with Gasteiger partial charge in [0.2, 0.25) is 17.7 Å². The average Bonchev–Trinajstić information content (AvgIpc) is 3.81. The smallest absolute Gasteiger partial charge is 0.255 e. The van der Waals surface area contributed by atoms with E-state index in [1.807, 2.05) is 68.4 Å². The molecule has 4 atom stereocenters. The molecule has 0 radical (unpaired) electrons. The van der Waals surface area contributed by atoms with Crippen LogP contribution in [0.4, 0.5) is 0 Å². The van der Waals surface area contributed by atoms with Crippen LogP contribution in [-0.4, -0.2) is 105 Å². The number of carbonyl (C=O) groups is 4. The van der Waals surface area contributed by atoms with Crippen LogP contribution in [0.15, 0.2) is 85.1 Å². The second-order valence-electron chi connectivity index (χ2n) is 14.5. The lowest BCUT2D eigenvalue weighted by Gasteiger charge is -2.34. The molecule has 3 aliphatic rings. The first kappa shape index (κ1) is 38.9.